The summed E-state index contributed by atoms with van der Waals surface area (Å²) in [5, 5.41) is 9.80. The second kappa shape index (κ2) is 6.03. The highest BCUT2D eigenvalue weighted by Crippen LogP contribution is 2.64. The number of phenolic OH excluding ortho intramolecular Hbond substituents is 1. The third-order valence-corrected chi connectivity index (χ3v) is 7.96. The zero-order chi connectivity index (χ0) is 17.8. The predicted molar refractivity (Wildman–Crippen MR) is 97.4 cm³/mol. The van der Waals surface area contributed by atoms with Gasteiger partial charge in [0.25, 0.3) is 0 Å². The van der Waals surface area contributed by atoms with Crippen molar-refractivity contribution in [1.29, 1.82) is 0 Å². The molecule has 2 fully saturated rings. The molecule has 0 radical (unpaired) electrons. The molecule has 3 aliphatic carbocycles. The van der Waals surface area contributed by atoms with E-state index in [1.807, 2.05) is 12.1 Å². The third-order valence-electron chi connectivity index (χ3n) is 7.96. The minimum atomic E-state index is -0.0431. The summed E-state index contributed by atoms with van der Waals surface area (Å²) in [6.07, 6.45) is 7.11. The maximum atomic E-state index is 12.1. The molecule has 6 atom stereocenters. The van der Waals surface area contributed by atoms with E-state index < -0.39 is 0 Å². The summed E-state index contributed by atoms with van der Waals surface area (Å²) in [7, 11) is 1.51. The molecule has 1 N–H and O–H groups in total. The molecule has 3 heteroatoms. The fourth-order valence-electron chi connectivity index (χ4n) is 6.78. The Labute approximate surface area is 150 Å². The van der Waals surface area contributed by atoms with Crippen molar-refractivity contribution in [2.75, 3.05) is 7.11 Å². The Morgan fingerprint density at radius 1 is 1.28 bits per heavy atom. The Morgan fingerprint density at radius 2 is 2.08 bits per heavy atom. The second-order valence-electron chi connectivity index (χ2n) is 8.84. The first-order valence-electron chi connectivity index (χ1n) is 9.85. The highest BCUT2D eigenvalue weighted by molar-refractivity contribution is 5.72. The Hall–Kier alpha value is -1.51. The minimum absolute atomic E-state index is 0.00405. The summed E-state index contributed by atoms with van der Waals surface area (Å²) < 4.78 is 5.05. The summed E-state index contributed by atoms with van der Waals surface area (Å²) in [5.41, 5.74) is 3.09. The number of benzene rings is 1. The summed E-state index contributed by atoms with van der Waals surface area (Å²) in [4.78, 5) is 12.1. The number of carbonyl (C=O) groups is 1. The number of hydrogen-bond acceptors (Lipinski definition) is 3. The molecule has 2 saturated carbocycles. The van der Waals surface area contributed by atoms with Crippen molar-refractivity contribution >= 4 is 5.97 Å². The zero-order valence-electron chi connectivity index (χ0n) is 15.6. The van der Waals surface area contributed by atoms with Gasteiger partial charge in [-0.3, -0.25) is 4.79 Å². The summed E-state index contributed by atoms with van der Waals surface area (Å²) in [5.74, 6) is 2.88. The van der Waals surface area contributed by atoms with Crippen molar-refractivity contribution in [3.63, 3.8) is 0 Å². The van der Waals surface area contributed by atoms with E-state index in [4.69, 9.17) is 4.74 Å². The van der Waals surface area contributed by atoms with Gasteiger partial charge in [-0.1, -0.05) is 19.9 Å². The smallest absolute Gasteiger partial charge is 0.308 e. The van der Waals surface area contributed by atoms with Gasteiger partial charge in [-0.25, -0.2) is 0 Å². The molecular formula is C22H30O3. The van der Waals surface area contributed by atoms with E-state index in [1.54, 1.807) is 0 Å². The topological polar surface area (TPSA) is 46.5 Å². The number of methoxy groups -OCH3 is 1. The number of rotatable bonds is 2. The van der Waals surface area contributed by atoms with Crippen LogP contribution in [0.15, 0.2) is 18.2 Å². The lowest BCUT2D eigenvalue weighted by Crippen LogP contribution is -2.44. The Kier molecular flexibility index (Phi) is 4.09. The van der Waals surface area contributed by atoms with Gasteiger partial charge in [-0.2, -0.15) is 0 Å². The van der Waals surface area contributed by atoms with E-state index in [0.29, 0.717) is 23.5 Å². The van der Waals surface area contributed by atoms with Crippen molar-refractivity contribution in [1.82, 2.24) is 0 Å². The van der Waals surface area contributed by atoms with E-state index in [2.05, 4.69) is 19.9 Å². The highest BCUT2D eigenvalue weighted by atomic mass is 16.5. The van der Waals surface area contributed by atoms with Crippen LogP contribution in [-0.2, 0) is 16.0 Å². The molecule has 3 aliphatic rings. The lowest BCUT2D eigenvalue weighted by atomic mass is 9.53. The number of aromatic hydroxyl groups is 1. The van der Waals surface area contributed by atoms with Gasteiger partial charge in [0.2, 0.25) is 0 Å². The molecule has 3 nitrogen and oxygen atoms in total. The first-order chi connectivity index (χ1) is 12.0. The molecule has 4 rings (SSSR count). The standard InChI is InChI=1S/C22H30O3/c1-13(21(24)25-3)19-8-9-20-18-6-4-14-12-15(23)5-7-16(14)17(18)10-11-22(19,20)2/h5,7,12-13,17-20,23H,4,6,8-11H2,1-3H3/t13-,17+,18+,19+,20-,22+/m0/s1. The van der Waals surface area contributed by atoms with Crippen LogP contribution < -0.4 is 0 Å². The van der Waals surface area contributed by atoms with E-state index in [-0.39, 0.29) is 17.3 Å². The van der Waals surface area contributed by atoms with Gasteiger partial charge in [0.15, 0.2) is 0 Å². The minimum Gasteiger partial charge on any atom is -0.508 e. The molecule has 0 amide bonds. The Bertz CT molecular complexity index is 682. The molecule has 0 saturated heterocycles. The number of ether oxygens (including phenoxy) is 1. The van der Waals surface area contributed by atoms with Gasteiger partial charge in [0.1, 0.15) is 5.75 Å². The molecule has 136 valence electrons. The van der Waals surface area contributed by atoms with E-state index in [9.17, 15) is 9.90 Å². The quantitative estimate of drug-likeness (QED) is 0.794. The molecule has 0 heterocycles. The van der Waals surface area contributed by atoms with Crippen LogP contribution in [0.1, 0.15) is 63.0 Å². The van der Waals surface area contributed by atoms with Gasteiger partial charge >= 0.3 is 5.97 Å². The molecule has 0 spiro atoms. The fraction of sp³-hybridized carbons (Fsp3) is 0.682. The van der Waals surface area contributed by atoms with Gasteiger partial charge < -0.3 is 9.84 Å². The molecule has 0 aromatic heterocycles. The molecule has 0 unspecified atom stereocenters. The van der Waals surface area contributed by atoms with Crippen molar-refractivity contribution in [3.8, 4) is 5.75 Å². The Morgan fingerprint density at radius 3 is 2.84 bits per heavy atom. The average Bonchev–Trinajstić information content (AvgIpc) is 2.97. The maximum Gasteiger partial charge on any atom is 0.308 e. The fourth-order valence-corrected chi connectivity index (χ4v) is 6.78. The molecule has 0 bridgehead atoms. The first kappa shape index (κ1) is 16.9. The van der Waals surface area contributed by atoms with Crippen LogP contribution in [0, 0.1) is 29.1 Å². The van der Waals surface area contributed by atoms with Crippen LogP contribution in [0.5, 0.6) is 5.75 Å². The molecule has 1 aromatic rings. The van der Waals surface area contributed by atoms with Crippen LogP contribution in [0.4, 0.5) is 0 Å². The molecule has 1 aromatic carbocycles. The Balaban J connectivity index is 1.62. The number of phenols is 1. The number of aryl methyl sites for hydroxylation is 1. The van der Waals surface area contributed by atoms with Gasteiger partial charge in [-0.15, -0.1) is 0 Å². The maximum absolute atomic E-state index is 12.1. The van der Waals surface area contributed by atoms with Gasteiger partial charge in [0.05, 0.1) is 13.0 Å². The number of esters is 1. The van der Waals surface area contributed by atoms with Crippen molar-refractivity contribution in [2.45, 2.75) is 58.3 Å². The lowest BCUT2D eigenvalue weighted by Gasteiger charge is -2.51. The van der Waals surface area contributed by atoms with Crippen LogP contribution in [0.25, 0.3) is 0 Å². The second-order valence-corrected chi connectivity index (χ2v) is 8.84. The van der Waals surface area contributed by atoms with Crippen LogP contribution in [0.3, 0.4) is 0 Å². The average molecular weight is 342 g/mol. The number of fused-ring (bicyclic) bond motifs is 5. The first-order valence-corrected chi connectivity index (χ1v) is 9.85. The van der Waals surface area contributed by atoms with Crippen molar-refractivity contribution < 1.29 is 14.6 Å². The third kappa shape index (κ3) is 2.50. The SMILES string of the molecule is COC(=O)[C@@H](C)[C@H]1CC[C@H]2[C@@H]3CCc4cc(O)ccc4[C@H]3CC[C@]12C. The summed E-state index contributed by atoms with van der Waals surface area (Å²) >= 11 is 0. The largest absolute Gasteiger partial charge is 0.508 e. The lowest BCUT2D eigenvalue weighted by molar-refractivity contribution is -0.149. The van der Waals surface area contributed by atoms with Crippen LogP contribution >= 0.6 is 0 Å². The number of hydrogen-bond donors (Lipinski definition) is 1. The number of carbonyl (C=O) groups excluding carboxylic acids is 1. The van der Waals surface area contributed by atoms with Crippen molar-refractivity contribution in [2.24, 2.45) is 29.1 Å². The van der Waals surface area contributed by atoms with Gasteiger partial charge in [-0.05, 0) is 90.9 Å². The molecule has 25 heavy (non-hydrogen) atoms. The molecular weight excluding hydrogens is 312 g/mol. The van der Waals surface area contributed by atoms with E-state index in [1.165, 1.54) is 43.9 Å². The summed E-state index contributed by atoms with van der Waals surface area (Å²) in [6, 6.07) is 5.98. The van der Waals surface area contributed by atoms with Crippen molar-refractivity contribution in [3.05, 3.63) is 29.3 Å². The van der Waals surface area contributed by atoms with E-state index >= 15 is 0 Å². The predicted octanol–water partition coefficient (Wildman–Crippen LogP) is 4.67. The monoisotopic (exact) mass is 342 g/mol. The zero-order valence-corrected chi connectivity index (χ0v) is 15.6. The summed E-state index contributed by atoms with van der Waals surface area (Å²) in [6.45, 7) is 4.51. The normalized spacial score (nSPS) is 37.6. The molecule has 0 aliphatic heterocycles. The van der Waals surface area contributed by atoms with Crippen LogP contribution in [0.2, 0.25) is 0 Å². The van der Waals surface area contributed by atoms with Gasteiger partial charge in [0, 0.05) is 0 Å². The van der Waals surface area contributed by atoms with Crippen LogP contribution in [-0.4, -0.2) is 18.2 Å². The highest BCUT2D eigenvalue weighted by Gasteiger charge is 2.56. The van der Waals surface area contributed by atoms with E-state index in [0.717, 1.165) is 18.8 Å².